The molecule has 5 rings (SSSR count). The molecule has 0 spiro atoms. The summed E-state index contributed by atoms with van der Waals surface area (Å²) in [5, 5.41) is -0.635. The lowest BCUT2D eigenvalue weighted by molar-refractivity contribution is -0.137. The topological polar surface area (TPSA) is 38.8 Å². The van der Waals surface area contributed by atoms with Crippen LogP contribution in [0.1, 0.15) is 92.3 Å². The zero-order valence-corrected chi connectivity index (χ0v) is 22.8. The van der Waals surface area contributed by atoms with Crippen molar-refractivity contribution in [1.82, 2.24) is 4.90 Å². The fourth-order valence-corrected chi connectivity index (χ4v) is 6.01. The first-order valence-electron chi connectivity index (χ1n) is 13.2. The number of hydrogen-bond acceptors (Lipinski definition) is 4. The summed E-state index contributed by atoms with van der Waals surface area (Å²) < 4.78 is 80.5. The molecule has 2 heterocycles. The summed E-state index contributed by atoms with van der Waals surface area (Å²) in [5.74, 6) is -2.54. The minimum absolute atomic E-state index is 0.0544. The van der Waals surface area contributed by atoms with E-state index in [2.05, 4.69) is 4.90 Å². The summed E-state index contributed by atoms with van der Waals surface area (Å²) in [5.41, 5.74) is -0.0817. The van der Waals surface area contributed by atoms with Crippen molar-refractivity contribution in [2.24, 2.45) is 0 Å². The summed E-state index contributed by atoms with van der Waals surface area (Å²) in [7, 11) is 0. The van der Waals surface area contributed by atoms with Gasteiger partial charge < -0.3 is 9.47 Å². The van der Waals surface area contributed by atoms with Crippen LogP contribution in [0.2, 0.25) is 5.02 Å². The highest BCUT2D eigenvalue weighted by Crippen LogP contribution is 2.45. The molecule has 4 nitrogen and oxygen atoms in total. The van der Waals surface area contributed by atoms with Gasteiger partial charge in [-0.25, -0.2) is 13.6 Å². The normalized spacial score (nSPS) is 23.7. The maximum atomic E-state index is 15.1. The molecule has 3 atom stereocenters. The third-order valence-corrected chi connectivity index (χ3v) is 7.95. The molecule has 2 aromatic carbocycles. The van der Waals surface area contributed by atoms with E-state index in [9.17, 15) is 22.4 Å². The Morgan fingerprint density at radius 1 is 1.00 bits per heavy atom. The number of halogens is 6. The molecule has 2 aromatic rings. The van der Waals surface area contributed by atoms with Crippen LogP contribution in [0.5, 0.6) is 5.75 Å². The van der Waals surface area contributed by atoms with Crippen molar-refractivity contribution in [3.05, 3.63) is 63.2 Å². The van der Waals surface area contributed by atoms with E-state index in [-0.39, 0.29) is 23.6 Å². The van der Waals surface area contributed by atoms with E-state index in [0.717, 1.165) is 36.8 Å². The highest BCUT2D eigenvalue weighted by molar-refractivity contribution is 6.31. The van der Waals surface area contributed by atoms with Gasteiger partial charge in [0.25, 0.3) is 0 Å². The van der Waals surface area contributed by atoms with Gasteiger partial charge >= 0.3 is 12.1 Å². The Morgan fingerprint density at radius 2 is 1.64 bits per heavy atom. The number of piperidine rings is 1. The van der Waals surface area contributed by atoms with Crippen LogP contribution in [-0.2, 0) is 17.5 Å². The SMILES string of the molecule is CC(C)(C)OC(=O)c1cc(C2CC2)c(CN2[C@@H]3CC[C@H]2C[C@H](Oc2cc(C(F)(F)F)cc(Cl)c2F)C3)cc1F. The van der Waals surface area contributed by atoms with Crippen molar-refractivity contribution < 1.29 is 36.2 Å². The van der Waals surface area contributed by atoms with Gasteiger partial charge in [0.15, 0.2) is 11.6 Å². The van der Waals surface area contributed by atoms with Crippen LogP contribution in [0.4, 0.5) is 22.0 Å². The molecule has 10 heteroatoms. The van der Waals surface area contributed by atoms with Crippen LogP contribution in [0.25, 0.3) is 0 Å². The molecule has 39 heavy (non-hydrogen) atoms. The molecule has 3 fully saturated rings. The summed E-state index contributed by atoms with van der Waals surface area (Å²) in [6, 6.07) is 4.40. The van der Waals surface area contributed by atoms with Crippen molar-refractivity contribution in [2.75, 3.05) is 0 Å². The van der Waals surface area contributed by atoms with E-state index in [0.29, 0.717) is 31.5 Å². The fourth-order valence-electron chi connectivity index (χ4n) is 5.80. The summed E-state index contributed by atoms with van der Waals surface area (Å²) >= 11 is 5.72. The van der Waals surface area contributed by atoms with Crippen LogP contribution in [0.15, 0.2) is 24.3 Å². The number of alkyl halides is 3. The molecular weight excluding hydrogens is 541 g/mol. The molecule has 2 saturated heterocycles. The predicted octanol–water partition coefficient (Wildman–Crippen LogP) is 8.04. The fraction of sp³-hybridized carbons (Fsp3) is 0.552. The van der Waals surface area contributed by atoms with Crippen LogP contribution in [-0.4, -0.2) is 34.7 Å². The average molecular weight is 572 g/mol. The third-order valence-electron chi connectivity index (χ3n) is 7.67. The van der Waals surface area contributed by atoms with Gasteiger partial charge in [0, 0.05) is 18.6 Å². The number of ether oxygens (including phenoxy) is 2. The van der Waals surface area contributed by atoms with Gasteiger partial charge in [0.05, 0.1) is 16.1 Å². The molecule has 2 bridgehead atoms. The second-order valence-corrected chi connectivity index (χ2v) is 12.3. The first-order chi connectivity index (χ1) is 18.2. The maximum absolute atomic E-state index is 15.1. The van der Waals surface area contributed by atoms with E-state index >= 15 is 4.39 Å². The van der Waals surface area contributed by atoms with Gasteiger partial charge in [0.2, 0.25) is 0 Å². The van der Waals surface area contributed by atoms with Crippen molar-refractivity contribution in [2.45, 2.75) is 102 Å². The lowest BCUT2D eigenvalue weighted by atomic mass is 9.95. The molecule has 0 unspecified atom stereocenters. The van der Waals surface area contributed by atoms with Gasteiger partial charge in [-0.05, 0) is 101 Å². The van der Waals surface area contributed by atoms with Crippen molar-refractivity contribution in [1.29, 1.82) is 0 Å². The number of esters is 1. The molecule has 0 radical (unpaired) electrons. The average Bonchev–Trinajstić information content (AvgIpc) is 3.62. The van der Waals surface area contributed by atoms with E-state index in [1.807, 2.05) is 0 Å². The highest BCUT2D eigenvalue weighted by atomic mass is 35.5. The number of rotatable bonds is 6. The second-order valence-electron chi connectivity index (χ2n) is 11.8. The molecule has 212 valence electrons. The van der Waals surface area contributed by atoms with Gasteiger partial charge in [-0.1, -0.05) is 11.6 Å². The molecule has 0 amide bonds. The predicted molar refractivity (Wildman–Crippen MR) is 136 cm³/mol. The second kappa shape index (κ2) is 10.2. The molecule has 2 aliphatic heterocycles. The number of carbonyl (C=O) groups is 1. The molecular formula is C29H31ClF5NO3. The standard InChI is InChI=1S/C29H31ClF5NO3/c1-28(2,3)39-27(37)22-13-21(15-4-5-15)16(8-24(22)31)14-36-18-6-7-19(36)12-20(11-18)38-25-10-17(29(33,34)35)9-23(30)26(25)32/h8-10,13,15,18-20H,4-7,11-12,14H2,1-3H3/t18-,19+,20-. The first kappa shape index (κ1) is 28.1. The number of carbonyl (C=O) groups excluding carboxylic acids is 1. The zero-order chi connectivity index (χ0) is 28.3. The third kappa shape index (κ3) is 6.19. The molecule has 1 saturated carbocycles. The largest absolute Gasteiger partial charge is 0.487 e. The van der Waals surface area contributed by atoms with Crippen LogP contribution >= 0.6 is 11.6 Å². The van der Waals surface area contributed by atoms with Crippen LogP contribution < -0.4 is 4.74 Å². The number of hydrogen-bond donors (Lipinski definition) is 0. The Hall–Kier alpha value is -2.39. The Balaban J connectivity index is 1.32. The molecule has 0 aromatic heterocycles. The van der Waals surface area contributed by atoms with Crippen LogP contribution in [0.3, 0.4) is 0 Å². The lowest BCUT2D eigenvalue weighted by Crippen LogP contribution is -2.46. The maximum Gasteiger partial charge on any atom is 0.416 e. The highest BCUT2D eigenvalue weighted by Gasteiger charge is 2.43. The first-order valence-corrected chi connectivity index (χ1v) is 13.6. The minimum atomic E-state index is -4.68. The number of nitrogens with zero attached hydrogens (tertiary/aromatic N) is 1. The van der Waals surface area contributed by atoms with Crippen molar-refractivity contribution >= 4 is 17.6 Å². The van der Waals surface area contributed by atoms with Gasteiger partial charge in [-0.2, -0.15) is 13.2 Å². The lowest BCUT2D eigenvalue weighted by Gasteiger charge is -2.39. The van der Waals surface area contributed by atoms with E-state index < -0.39 is 51.8 Å². The molecule has 3 aliphatic rings. The smallest absolute Gasteiger partial charge is 0.416 e. The Kier molecular flexibility index (Phi) is 7.38. The molecule has 1 aliphatic carbocycles. The van der Waals surface area contributed by atoms with Gasteiger partial charge in [-0.15, -0.1) is 0 Å². The zero-order valence-electron chi connectivity index (χ0n) is 22.0. The van der Waals surface area contributed by atoms with Gasteiger partial charge in [0.1, 0.15) is 17.5 Å². The van der Waals surface area contributed by atoms with Crippen molar-refractivity contribution in [3.8, 4) is 5.75 Å². The summed E-state index contributed by atoms with van der Waals surface area (Å²) in [4.78, 5) is 14.9. The monoisotopic (exact) mass is 571 g/mol. The number of benzene rings is 2. The minimum Gasteiger partial charge on any atom is -0.487 e. The Morgan fingerprint density at radius 3 is 2.21 bits per heavy atom. The quantitative estimate of drug-likeness (QED) is 0.260. The van der Waals surface area contributed by atoms with E-state index in [4.69, 9.17) is 21.1 Å². The van der Waals surface area contributed by atoms with Crippen molar-refractivity contribution in [3.63, 3.8) is 0 Å². The summed E-state index contributed by atoms with van der Waals surface area (Å²) in [6.45, 7) is 5.69. The van der Waals surface area contributed by atoms with Crippen LogP contribution in [0, 0.1) is 11.6 Å². The van der Waals surface area contributed by atoms with E-state index in [1.54, 1.807) is 26.8 Å². The van der Waals surface area contributed by atoms with Gasteiger partial charge in [-0.3, -0.25) is 4.90 Å². The Bertz CT molecular complexity index is 1260. The van der Waals surface area contributed by atoms with E-state index in [1.165, 1.54) is 6.07 Å². The summed E-state index contributed by atoms with van der Waals surface area (Å²) in [6.07, 6.45) is -0.489. The molecule has 0 N–H and O–H groups in total. The number of fused-ring (bicyclic) bond motifs is 2. The Labute approximate surface area is 229 Å².